The normalized spacial score (nSPS) is 47.6. The number of rotatable bonds is 1. The minimum absolute atomic E-state index is 0.280. The van der Waals surface area contributed by atoms with Gasteiger partial charge >= 0.3 is 0 Å². The molecule has 0 radical (unpaired) electrons. The minimum atomic E-state index is 0.280. The van der Waals surface area contributed by atoms with Crippen molar-refractivity contribution in [1.29, 1.82) is 0 Å². The van der Waals surface area contributed by atoms with Crippen molar-refractivity contribution in [1.82, 2.24) is 9.80 Å². The lowest BCUT2D eigenvalue weighted by Gasteiger charge is -2.66. The van der Waals surface area contributed by atoms with E-state index in [4.69, 9.17) is 0 Å². The maximum atomic E-state index is 10.2. The molecule has 1 aromatic carbocycles. The number of para-hydroxylation sites is 1. The van der Waals surface area contributed by atoms with E-state index in [1.165, 1.54) is 6.42 Å². The Morgan fingerprint density at radius 3 is 2.05 bits per heavy atom. The lowest BCUT2D eigenvalue weighted by atomic mass is 9.63. The van der Waals surface area contributed by atoms with E-state index in [-0.39, 0.29) is 6.17 Å². The molecule has 3 nitrogen and oxygen atoms in total. The summed E-state index contributed by atoms with van der Waals surface area (Å²) in [6.45, 7) is 9.50. The van der Waals surface area contributed by atoms with Gasteiger partial charge in [0.2, 0.25) is 0 Å². The molecule has 4 aliphatic rings. The third-order valence-electron chi connectivity index (χ3n) is 5.10. The fourth-order valence-corrected chi connectivity index (χ4v) is 5.10. The molecule has 4 fully saturated rings. The van der Waals surface area contributed by atoms with Crippen LogP contribution >= 0.6 is 0 Å². The first-order chi connectivity index (χ1) is 8.98. The van der Waals surface area contributed by atoms with Crippen molar-refractivity contribution in [3.05, 3.63) is 29.8 Å². The van der Waals surface area contributed by atoms with Gasteiger partial charge in [-0.15, -0.1) is 0 Å². The third-order valence-corrected chi connectivity index (χ3v) is 5.10. The average molecular weight is 258 g/mol. The Hall–Kier alpha value is -1.06. The van der Waals surface area contributed by atoms with Crippen LogP contribution in [0, 0.1) is 10.8 Å². The number of benzene rings is 1. The van der Waals surface area contributed by atoms with Crippen LogP contribution in [0.4, 0.5) is 0 Å². The van der Waals surface area contributed by atoms with Crippen LogP contribution in [-0.4, -0.2) is 41.1 Å². The summed E-state index contributed by atoms with van der Waals surface area (Å²) in [6.07, 6.45) is 1.63. The Kier molecular flexibility index (Phi) is 2.18. The molecule has 0 saturated carbocycles. The van der Waals surface area contributed by atoms with Crippen LogP contribution < -0.4 is 0 Å². The number of nitrogens with zero attached hydrogens (tertiary/aromatic N) is 2. The zero-order valence-corrected chi connectivity index (χ0v) is 11.8. The maximum Gasteiger partial charge on any atom is 0.121 e. The monoisotopic (exact) mass is 258 g/mol. The quantitative estimate of drug-likeness (QED) is 0.838. The summed E-state index contributed by atoms with van der Waals surface area (Å²) >= 11 is 0. The zero-order valence-electron chi connectivity index (χ0n) is 11.8. The highest BCUT2D eigenvalue weighted by Crippen LogP contribution is 2.54. The molecular formula is C16H22N2O. The summed E-state index contributed by atoms with van der Waals surface area (Å²) in [6, 6.07) is 7.83. The molecule has 0 unspecified atom stereocenters. The van der Waals surface area contributed by atoms with Crippen molar-refractivity contribution < 1.29 is 5.11 Å². The van der Waals surface area contributed by atoms with Crippen LogP contribution in [0.2, 0.25) is 0 Å². The van der Waals surface area contributed by atoms with E-state index < -0.39 is 0 Å². The molecule has 0 spiro atoms. The van der Waals surface area contributed by atoms with E-state index in [2.05, 4.69) is 29.7 Å². The van der Waals surface area contributed by atoms with Crippen molar-refractivity contribution in [2.24, 2.45) is 10.8 Å². The van der Waals surface area contributed by atoms with Gasteiger partial charge in [-0.25, -0.2) is 0 Å². The molecule has 0 aromatic heterocycles. The van der Waals surface area contributed by atoms with E-state index >= 15 is 0 Å². The minimum Gasteiger partial charge on any atom is -0.508 e. The van der Waals surface area contributed by atoms with Gasteiger partial charge in [-0.3, -0.25) is 9.80 Å². The van der Waals surface area contributed by atoms with E-state index in [1.807, 2.05) is 18.2 Å². The highest BCUT2D eigenvalue weighted by Gasteiger charge is 2.56. The number of hydrogen-bond donors (Lipinski definition) is 1. The number of hydrogen-bond acceptors (Lipinski definition) is 3. The standard InChI is InChI=1S/C16H22N2O/c1-15-7-16(2)10-17(8-15)14(18(9-15)11-16)12-5-3-4-6-13(12)19/h3-6,14,19H,7-11H2,1-2H3. The van der Waals surface area contributed by atoms with Gasteiger partial charge in [-0.2, -0.15) is 0 Å². The lowest BCUT2D eigenvalue weighted by Crippen LogP contribution is -2.70. The smallest absolute Gasteiger partial charge is 0.121 e. The van der Waals surface area contributed by atoms with Crippen LogP contribution in [0.15, 0.2) is 24.3 Å². The van der Waals surface area contributed by atoms with Gasteiger partial charge in [0.1, 0.15) is 5.75 Å². The molecule has 0 amide bonds. The van der Waals surface area contributed by atoms with Crippen LogP contribution in [-0.2, 0) is 0 Å². The number of piperidine rings is 2. The molecule has 4 heterocycles. The van der Waals surface area contributed by atoms with E-state index in [0.717, 1.165) is 31.7 Å². The lowest BCUT2D eigenvalue weighted by molar-refractivity contribution is -0.194. The molecule has 0 aliphatic carbocycles. The first-order valence-corrected chi connectivity index (χ1v) is 7.24. The van der Waals surface area contributed by atoms with Crippen molar-refractivity contribution >= 4 is 0 Å². The molecule has 0 atom stereocenters. The SMILES string of the molecule is CC12CN3CC(C)(CN(C1)C3c1ccccc1O)C2. The van der Waals surface area contributed by atoms with Gasteiger partial charge in [0.25, 0.3) is 0 Å². The highest BCUT2D eigenvalue weighted by atomic mass is 16.3. The molecule has 5 rings (SSSR count). The van der Waals surface area contributed by atoms with Gasteiger partial charge in [0, 0.05) is 31.7 Å². The fourth-order valence-electron chi connectivity index (χ4n) is 5.10. The van der Waals surface area contributed by atoms with Gasteiger partial charge < -0.3 is 5.11 Å². The zero-order chi connectivity index (χ0) is 13.3. The molecule has 4 saturated heterocycles. The molecule has 1 aromatic rings. The van der Waals surface area contributed by atoms with Gasteiger partial charge in [-0.1, -0.05) is 32.0 Å². The molecule has 3 heteroatoms. The Bertz CT molecular complexity index is 491. The average Bonchev–Trinajstić information content (AvgIpc) is 2.27. The fraction of sp³-hybridized carbons (Fsp3) is 0.625. The molecule has 4 bridgehead atoms. The second-order valence-corrected chi connectivity index (χ2v) is 7.54. The van der Waals surface area contributed by atoms with Crippen molar-refractivity contribution in [3.63, 3.8) is 0 Å². The summed E-state index contributed by atoms with van der Waals surface area (Å²) in [5.41, 5.74) is 1.95. The Balaban J connectivity index is 1.76. The highest BCUT2D eigenvalue weighted by molar-refractivity contribution is 5.35. The Morgan fingerprint density at radius 2 is 1.53 bits per heavy atom. The molecule has 1 N–H and O–H groups in total. The maximum absolute atomic E-state index is 10.2. The van der Waals surface area contributed by atoms with E-state index in [0.29, 0.717) is 16.6 Å². The van der Waals surface area contributed by atoms with E-state index in [1.54, 1.807) is 0 Å². The summed E-state index contributed by atoms with van der Waals surface area (Å²) in [5, 5.41) is 10.2. The van der Waals surface area contributed by atoms with Crippen LogP contribution in [0.25, 0.3) is 0 Å². The summed E-state index contributed by atoms with van der Waals surface area (Å²) < 4.78 is 0. The van der Waals surface area contributed by atoms with Crippen molar-refractivity contribution in [2.45, 2.75) is 26.4 Å². The molecule has 102 valence electrons. The topological polar surface area (TPSA) is 26.7 Å². The predicted octanol–water partition coefficient (Wildman–Crippen LogP) is 2.44. The largest absolute Gasteiger partial charge is 0.508 e. The van der Waals surface area contributed by atoms with Crippen molar-refractivity contribution in [2.75, 3.05) is 26.2 Å². The van der Waals surface area contributed by atoms with Gasteiger partial charge in [0.15, 0.2) is 0 Å². The van der Waals surface area contributed by atoms with Gasteiger partial charge in [-0.05, 0) is 23.3 Å². The number of phenols is 1. The first kappa shape index (κ1) is 11.7. The second-order valence-electron chi connectivity index (χ2n) is 7.54. The molecule has 19 heavy (non-hydrogen) atoms. The van der Waals surface area contributed by atoms with Crippen molar-refractivity contribution in [3.8, 4) is 5.75 Å². The van der Waals surface area contributed by atoms with Gasteiger partial charge in [0.05, 0.1) is 6.17 Å². The second kappa shape index (κ2) is 3.53. The van der Waals surface area contributed by atoms with E-state index in [9.17, 15) is 5.11 Å². The first-order valence-electron chi connectivity index (χ1n) is 7.24. The number of aromatic hydroxyl groups is 1. The third kappa shape index (κ3) is 1.65. The molecule has 4 aliphatic heterocycles. The Labute approximate surface area is 114 Å². The van der Waals surface area contributed by atoms with Crippen LogP contribution in [0.5, 0.6) is 5.75 Å². The predicted molar refractivity (Wildman–Crippen MR) is 74.8 cm³/mol. The number of phenolic OH excluding ortho intramolecular Hbond substituents is 1. The molecular weight excluding hydrogens is 236 g/mol. The summed E-state index contributed by atoms with van der Waals surface area (Å²) in [4.78, 5) is 5.15. The Morgan fingerprint density at radius 1 is 1.00 bits per heavy atom. The summed E-state index contributed by atoms with van der Waals surface area (Å²) in [7, 11) is 0. The van der Waals surface area contributed by atoms with Crippen LogP contribution in [0.1, 0.15) is 32.0 Å². The summed E-state index contributed by atoms with van der Waals surface area (Å²) in [5.74, 6) is 0.440. The van der Waals surface area contributed by atoms with Crippen LogP contribution in [0.3, 0.4) is 0 Å².